The molecule has 0 radical (unpaired) electrons. The first-order chi connectivity index (χ1) is 9.74. The quantitative estimate of drug-likeness (QED) is 0.729. The van der Waals surface area contributed by atoms with Crippen molar-refractivity contribution < 1.29 is 0 Å². The third-order valence-corrected chi connectivity index (χ3v) is 3.96. The van der Waals surface area contributed by atoms with Crippen molar-refractivity contribution in [2.45, 2.75) is 6.42 Å². The lowest BCUT2D eigenvalue weighted by atomic mass is 10.0. The van der Waals surface area contributed by atoms with Gasteiger partial charge in [0, 0.05) is 37.2 Å². The Hall–Kier alpha value is -2.56. The first-order valence-corrected chi connectivity index (χ1v) is 6.63. The van der Waals surface area contributed by atoms with Gasteiger partial charge in [0.05, 0.1) is 6.20 Å². The summed E-state index contributed by atoms with van der Waals surface area (Å²) in [6.07, 6.45) is 6.16. The molecular formula is C15H14N4O. The molecule has 100 valence electrons. The molecule has 3 heterocycles. The standard InChI is InChI=1S/C15H14N4O/c1-18-6-4-11-8-10(2-3-13(11)18)12-9-17-19-7-5-16-15(20)14(12)19/h2-3,5,7-9H,4,6H2,1H3,(H,16,20). The van der Waals surface area contributed by atoms with Crippen molar-refractivity contribution in [3.63, 3.8) is 0 Å². The van der Waals surface area contributed by atoms with Gasteiger partial charge in [-0.2, -0.15) is 5.10 Å². The van der Waals surface area contributed by atoms with E-state index in [1.165, 1.54) is 11.3 Å². The molecule has 1 aliphatic heterocycles. The van der Waals surface area contributed by atoms with Crippen molar-refractivity contribution in [1.29, 1.82) is 0 Å². The Bertz CT molecular complexity index is 862. The Morgan fingerprint density at radius 2 is 2.25 bits per heavy atom. The SMILES string of the molecule is CN1CCc2cc(-c3cnn4cc[nH]c(=O)c34)ccc21. The highest BCUT2D eigenvalue weighted by Crippen LogP contribution is 2.32. The molecule has 1 aliphatic rings. The third-order valence-electron chi connectivity index (χ3n) is 3.96. The summed E-state index contributed by atoms with van der Waals surface area (Å²) in [6.45, 7) is 1.05. The van der Waals surface area contributed by atoms with Gasteiger partial charge in [0.25, 0.3) is 5.56 Å². The molecule has 4 rings (SSSR count). The highest BCUT2D eigenvalue weighted by molar-refractivity contribution is 5.81. The van der Waals surface area contributed by atoms with E-state index in [0.717, 1.165) is 24.1 Å². The molecule has 0 saturated heterocycles. The number of fused-ring (bicyclic) bond motifs is 2. The number of H-pyrrole nitrogens is 1. The second kappa shape index (κ2) is 3.96. The highest BCUT2D eigenvalue weighted by atomic mass is 16.1. The zero-order chi connectivity index (χ0) is 13.7. The molecule has 0 fully saturated rings. The molecule has 0 atom stereocenters. The lowest BCUT2D eigenvalue weighted by Gasteiger charge is -2.11. The van der Waals surface area contributed by atoms with Gasteiger partial charge in [-0.05, 0) is 29.7 Å². The summed E-state index contributed by atoms with van der Waals surface area (Å²) < 4.78 is 1.62. The summed E-state index contributed by atoms with van der Waals surface area (Å²) in [5.74, 6) is 0. The Balaban J connectivity index is 1.94. The molecule has 0 spiro atoms. The average molecular weight is 266 g/mol. The molecule has 5 nitrogen and oxygen atoms in total. The summed E-state index contributed by atoms with van der Waals surface area (Å²) in [5.41, 5.74) is 5.02. The van der Waals surface area contributed by atoms with Gasteiger partial charge in [-0.1, -0.05) is 6.07 Å². The Morgan fingerprint density at radius 1 is 1.35 bits per heavy atom. The zero-order valence-electron chi connectivity index (χ0n) is 11.1. The number of rotatable bonds is 1. The first-order valence-electron chi connectivity index (χ1n) is 6.63. The fourth-order valence-corrected chi connectivity index (χ4v) is 2.90. The Kier molecular flexibility index (Phi) is 2.24. The van der Waals surface area contributed by atoms with Gasteiger partial charge in [0.15, 0.2) is 0 Å². The molecule has 3 aromatic rings. The third kappa shape index (κ3) is 1.49. The normalized spacial score (nSPS) is 13.9. The van der Waals surface area contributed by atoms with Crippen molar-refractivity contribution in [3.8, 4) is 11.1 Å². The summed E-state index contributed by atoms with van der Waals surface area (Å²) in [5, 5.41) is 4.25. The van der Waals surface area contributed by atoms with Crippen molar-refractivity contribution >= 4 is 11.2 Å². The van der Waals surface area contributed by atoms with Gasteiger partial charge in [-0.3, -0.25) is 4.79 Å². The molecule has 1 aromatic carbocycles. The zero-order valence-corrected chi connectivity index (χ0v) is 11.1. The maximum absolute atomic E-state index is 12.0. The predicted octanol–water partition coefficient (Wildman–Crippen LogP) is 1.68. The summed E-state index contributed by atoms with van der Waals surface area (Å²) in [4.78, 5) is 17.0. The summed E-state index contributed by atoms with van der Waals surface area (Å²) in [7, 11) is 2.10. The number of hydrogen-bond donors (Lipinski definition) is 1. The van der Waals surface area contributed by atoms with Crippen LogP contribution in [-0.4, -0.2) is 28.2 Å². The lowest BCUT2D eigenvalue weighted by molar-refractivity contribution is 0.936. The van der Waals surface area contributed by atoms with Crippen LogP contribution in [-0.2, 0) is 6.42 Å². The van der Waals surface area contributed by atoms with Crippen LogP contribution in [0.1, 0.15) is 5.56 Å². The molecule has 0 saturated carbocycles. The van der Waals surface area contributed by atoms with Crippen LogP contribution in [0.25, 0.3) is 16.6 Å². The minimum atomic E-state index is -0.113. The fourth-order valence-electron chi connectivity index (χ4n) is 2.90. The van der Waals surface area contributed by atoms with Crippen molar-refractivity contribution in [2.75, 3.05) is 18.5 Å². The molecule has 2 aromatic heterocycles. The van der Waals surface area contributed by atoms with Gasteiger partial charge in [-0.25, -0.2) is 4.52 Å². The lowest BCUT2D eigenvalue weighted by Crippen LogP contribution is -2.12. The van der Waals surface area contributed by atoms with Gasteiger partial charge < -0.3 is 9.88 Å². The number of anilines is 1. The Morgan fingerprint density at radius 3 is 3.15 bits per heavy atom. The van der Waals surface area contributed by atoms with Crippen LogP contribution in [0.5, 0.6) is 0 Å². The van der Waals surface area contributed by atoms with Crippen LogP contribution in [0, 0.1) is 0 Å². The van der Waals surface area contributed by atoms with Gasteiger partial charge in [0.1, 0.15) is 5.52 Å². The number of aromatic amines is 1. The van der Waals surface area contributed by atoms with Gasteiger partial charge in [0.2, 0.25) is 0 Å². The van der Waals surface area contributed by atoms with E-state index in [2.05, 4.69) is 40.2 Å². The number of hydrogen-bond acceptors (Lipinski definition) is 3. The number of nitrogens with zero attached hydrogens (tertiary/aromatic N) is 3. The summed E-state index contributed by atoms with van der Waals surface area (Å²) >= 11 is 0. The largest absolute Gasteiger partial charge is 0.374 e. The van der Waals surface area contributed by atoms with E-state index in [1.54, 1.807) is 23.1 Å². The second-order valence-corrected chi connectivity index (χ2v) is 5.16. The highest BCUT2D eigenvalue weighted by Gasteiger charge is 2.17. The predicted molar refractivity (Wildman–Crippen MR) is 78.2 cm³/mol. The number of benzene rings is 1. The minimum absolute atomic E-state index is 0.113. The molecule has 0 amide bonds. The Labute approximate surface area is 115 Å². The van der Waals surface area contributed by atoms with E-state index in [1.807, 2.05) is 0 Å². The first kappa shape index (κ1) is 11.3. The maximum Gasteiger partial charge on any atom is 0.274 e. The van der Waals surface area contributed by atoms with E-state index in [0.29, 0.717) is 5.52 Å². The minimum Gasteiger partial charge on any atom is -0.374 e. The maximum atomic E-state index is 12.0. The van der Waals surface area contributed by atoms with Crippen LogP contribution in [0.4, 0.5) is 5.69 Å². The molecule has 0 unspecified atom stereocenters. The van der Waals surface area contributed by atoms with Crippen LogP contribution in [0.2, 0.25) is 0 Å². The van der Waals surface area contributed by atoms with Crippen molar-refractivity contribution in [2.24, 2.45) is 0 Å². The van der Waals surface area contributed by atoms with Crippen LogP contribution in [0.3, 0.4) is 0 Å². The molecule has 0 aliphatic carbocycles. The molecule has 0 bridgehead atoms. The average Bonchev–Trinajstić information content (AvgIpc) is 3.04. The van der Waals surface area contributed by atoms with Gasteiger partial charge >= 0.3 is 0 Å². The number of likely N-dealkylation sites (N-methyl/N-ethyl adjacent to an activating group) is 1. The monoisotopic (exact) mass is 266 g/mol. The molecule has 1 N–H and O–H groups in total. The topological polar surface area (TPSA) is 53.4 Å². The van der Waals surface area contributed by atoms with Crippen LogP contribution < -0.4 is 10.5 Å². The van der Waals surface area contributed by atoms with E-state index in [-0.39, 0.29) is 5.56 Å². The van der Waals surface area contributed by atoms with E-state index in [9.17, 15) is 4.79 Å². The number of nitrogens with one attached hydrogen (secondary N) is 1. The van der Waals surface area contributed by atoms with Crippen LogP contribution in [0.15, 0.2) is 41.6 Å². The van der Waals surface area contributed by atoms with E-state index < -0.39 is 0 Å². The van der Waals surface area contributed by atoms with Crippen molar-refractivity contribution in [3.05, 3.63) is 52.7 Å². The smallest absolute Gasteiger partial charge is 0.274 e. The fraction of sp³-hybridized carbons (Fsp3) is 0.200. The molecular weight excluding hydrogens is 252 g/mol. The number of aromatic nitrogens is 3. The molecule has 20 heavy (non-hydrogen) atoms. The van der Waals surface area contributed by atoms with E-state index in [4.69, 9.17) is 0 Å². The van der Waals surface area contributed by atoms with E-state index >= 15 is 0 Å². The van der Waals surface area contributed by atoms with Gasteiger partial charge in [-0.15, -0.1) is 0 Å². The van der Waals surface area contributed by atoms with Crippen molar-refractivity contribution in [1.82, 2.24) is 14.6 Å². The molecule has 5 heteroatoms. The second-order valence-electron chi connectivity index (χ2n) is 5.16. The summed E-state index contributed by atoms with van der Waals surface area (Å²) in [6, 6.07) is 6.35. The van der Waals surface area contributed by atoms with Crippen LogP contribution >= 0.6 is 0 Å².